The number of pyridine rings is 1. The van der Waals surface area contributed by atoms with E-state index < -0.39 is 17.5 Å². The first-order valence-electron chi connectivity index (χ1n) is 5.16. The fourth-order valence-corrected chi connectivity index (χ4v) is 1.42. The summed E-state index contributed by atoms with van der Waals surface area (Å²) in [7, 11) is 1.70. The maximum atomic E-state index is 13.0. The highest BCUT2D eigenvalue weighted by atomic mass is 19.2. The zero-order valence-electron chi connectivity index (χ0n) is 9.47. The van der Waals surface area contributed by atoms with Gasteiger partial charge >= 0.3 is 0 Å². The van der Waals surface area contributed by atoms with Crippen molar-refractivity contribution in [1.29, 1.82) is 0 Å². The molecule has 0 bridgehead atoms. The molecule has 0 aliphatic heterocycles. The van der Waals surface area contributed by atoms with Crippen molar-refractivity contribution in [2.24, 2.45) is 0 Å². The van der Waals surface area contributed by atoms with E-state index in [1.165, 1.54) is 0 Å². The van der Waals surface area contributed by atoms with Crippen LogP contribution in [-0.4, -0.2) is 12.0 Å². The Bertz CT molecular complexity index is 549. The van der Waals surface area contributed by atoms with Crippen LogP contribution in [0.2, 0.25) is 0 Å². The van der Waals surface area contributed by atoms with Gasteiger partial charge in [0.05, 0.1) is 0 Å². The van der Waals surface area contributed by atoms with Crippen molar-refractivity contribution in [3.63, 3.8) is 0 Å². The fourth-order valence-electron chi connectivity index (χ4n) is 1.42. The fraction of sp³-hybridized carbons (Fsp3) is 0.0833. The Labute approximate surface area is 102 Å². The van der Waals surface area contributed by atoms with Crippen LogP contribution < -0.4 is 10.6 Å². The number of hydrogen-bond donors (Lipinski definition) is 2. The van der Waals surface area contributed by atoms with Gasteiger partial charge in [-0.3, -0.25) is 0 Å². The summed E-state index contributed by atoms with van der Waals surface area (Å²) in [6, 6.07) is 6.81. The molecule has 0 radical (unpaired) electrons. The lowest BCUT2D eigenvalue weighted by atomic mass is 10.3. The van der Waals surface area contributed by atoms with Gasteiger partial charge in [-0.2, -0.15) is 0 Å². The maximum Gasteiger partial charge on any atom is 0.194 e. The third-order valence-electron chi connectivity index (χ3n) is 2.26. The SMILES string of the molecule is CNc1cccc(Nc2cc(F)c(F)c(F)c2)n1. The Balaban J connectivity index is 2.28. The van der Waals surface area contributed by atoms with Gasteiger partial charge in [0.2, 0.25) is 0 Å². The van der Waals surface area contributed by atoms with Crippen LogP contribution in [0.15, 0.2) is 30.3 Å². The largest absolute Gasteiger partial charge is 0.373 e. The quantitative estimate of drug-likeness (QED) is 0.824. The molecule has 1 heterocycles. The van der Waals surface area contributed by atoms with E-state index in [9.17, 15) is 13.2 Å². The maximum absolute atomic E-state index is 13.0. The zero-order chi connectivity index (χ0) is 13.1. The highest BCUT2D eigenvalue weighted by Gasteiger charge is 2.10. The van der Waals surface area contributed by atoms with Gasteiger partial charge in [-0.15, -0.1) is 0 Å². The first kappa shape index (κ1) is 12.2. The van der Waals surface area contributed by atoms with Gasteiger partial charge in [-0.1, -0.05) is 6.07 Å². The second-order valence-electron chi connectivity index (χ2n) is 3.54. The molecule has 0 aliphatic rings. The lowest BCUT2D eigenvalue weighted by Gasteiger charge is -2.08. The van der Waals surface area contributed by atoms with Gasteiger partial charge in [0.25, 0.3) is 0 Å². The van der Waals surface area contributed by atoms with Crippen LogP contribution in [0.1, 0.15) is 0 Å². The molecular weight excluding hydrogens is 243 g/mol. The molecule has 0 spiro atoms. The Hall–Kier alpha value is -2.24. The highest BCUT2D eigenvalue weighted by Crippen LogP contribution is 2.21. The topological polar surface area (TPSA) is 37.0 Å². The third-order valence-corrected chi connectivity index (χ3v) is 2.26. The second kappa shape index (κ2) is 4.95. The average Bonchev–Trinajstić information content (AvgIpc) is 2.36. The number of rotatable bonds is 3. The van der Waals surface area contributed by atoms with E-state index in [0.717, 1.165) is 12.1 Å². The summed E-state index contributed by atoms with van der Waals surface area (Å²) in [5.41, 5.74) is 0.0900. The molecule has 0 saturated heterocycles. The van der Waals surface area contributed by atoms with Crippen molar-refractivity contribution in [2.45, 2.75) is 0 Å². The summed E-state index contributed by atoms with van der Waals surface area (Å²) in [5.74, 6) is -2.99. The summed E-state index contributed by atoms with van der Waals surface area (Å²) in [4.78, 5) is 4.11. The van der Waals surface area contributed by atoms with E-state index in [4.69, 9.17) is 0 Å². The van der Waals surface area contributed by atoms with E-state index >= 15 is 0 Å². The minimum absolute atomic E-state index is 0.0900. The smallest absolute Gasteiger partial charge is 0.194 e. The summed E-state index contributed by atoms with van der Waals surface area (Å²) >= 11 is 0. The monoisotopic (exact) mass is 253 g/mol. The number of benzene rings is 1. The van der Waals surface area contributed by atoms with Crippen LogP contribution in [0.4, 0.5) is 30.5 Å². The molecular formula is C12H10F3N3. The van der Waals surface area contributed by atoms with Crippen molar-refractivity contribution in [1.82, 2.24) is 4.98 Å². The third kappa shape index (κ3) is 2.53. The Morgan fingerprint density at radius 1 is 1.00 bits per heavy atom. The lowest BCUT2D eigenvalue weighted by molar-refractivity contribution is 0.448. The van der Waals surface area contributed by atoms with Crippen LogP contribution in [0.25, 0.3) is 0 Å². The molecule has 0 aliphatic carbocycles. The van der Waals surface area contributed by atoms with E-state index in [1.807, 2.05) is 0 Å². The summed E-state index contributed by atoms with van der Waals surface area (Å²) in [6.45, 7) is 0. The molecule has 1 aromatic carbocycles. The summed E-state index contributed by atoms with van der Waals surface area (Å²) in [6.07, 6.45) is 0. The highest BCUT2D eigenvalue weighted by molar-refractivity contribution is 5.58. The van der Waals surface area contributed by atoms with Crippen molar-refractivity contribution in [3.8, 4) is 0 Å². The molecule has 6 heteroatoms. The normalized spacial score (nSPS) is 10.2. The van der Waals surface area contributed by atoms with Crippen molar-refractivity contribution in [2.75, 3.05) is 17.7 Å². The molecule has 3 nitrogen and oxygen atoms in total. The van der Waals surface area contributed by atoms with Gasteiger partial charge in [-0.05, 0) is 12.1 Å². The van der Waals surface area contributed by atoms with Crippen molar-refractivity contribution in [3.05, 3.63) is 47.8 Å². The number of nitrogens with one attached hydrogen (secondary N) is 2. The van der Waals surface area contributed by atoms with E-state index in [-0.39, 0.29) is 5.69 Å². The number of halogens is 3. The van der Waals surface area contributed by atoms with E-state index in [0.29, 0.717) is 11.6 Å². The lowest BCUT2D eigenvalue weighted by Crippen LogP contribution is -1.99. The Morgan fingerprint density at radius 2 is 1.61 bits per heavy atom. The van der Waals surface area contributed by atoms with E-state index in [2.05, 4.69) is 15.6 Å². The predicted octanol–water partition coefficient (Wildman–Crippen LogP) is 3.28. The number of nitrogens with zero attached hydrogens (tertiary/aromatic N) is 1. The molecule has 1 aromatic heterocycles. The zero-order valence-corrected chi connectivity index (χ0v) is 9.47. The molecule has 2 aromatic rings. The molecule has 0 atom stereocenters. The standard InChI is InChI=1S/C12H10F3N3/c1-16-10-3-2-4-11(18-10)17-7-5-8(13)12(15)9(14)6-7/h2-6H,1H3,(H2,16,17,18). The number of hydrogen-bond acceptors (Lipinski definition) is 3. The molecule has 0 unspecified atom stereocenters. The minimum atomic E-state index is -1.49. The number of aromatic nitrogens is 1. The Kier molecular flexibility index (Phi) is 3.36. The van der Waals surface area contributed by atoms with Gasteiger partial charge in [0.15, 0.2) is 17.5 Å². The van der Waals surface area contributed by atoms with Crippen molar-refractivity contribution >= 4 is 17.3 Å². The van der Waals surface area contributed by atoms with Crippen molar-refractivity contribution < 1.29 is 13.2 Å². The van der Waals surface area contributed by atoms with Gasteiger partial charge < -0.3 is 10.6 Å². The first-order chi connectivity index (χ1) is 8.60. The summed E-state index contributed by atoms with van der Waals surface area (Å²) in [5, 5.41) is 5.52. The molecule has 2 N–H and O–H groups in total. The van der Waals surface area contributed by atoms with Gasteiger partial charge in [0, 0.05) is 24.9 Å². The summed E-state index contributed by atoms with van der Waals surface area (Å²) < 4.78 is 38.8. The Morgan fingerprint density at radius 3 is 2.22 bits per heavy atom. The van der Waals surface area contributed by atoms with E-state index in [1.54, 1.807) is 25.2 Å². The van der Waals surface area contributed by atoms with Crippen LogP contribution in [0.3, 0.4) is 0 Å². The molecule has 94 valence electrons. The molecule has 0 fully saturated rings. The number of anilines is 3. The van der Waals surface area contributed by atoms with Gasteiger partial charge in [-0.25, -0.2) is 18.2 Å². The molecule has 0 saturated carbocycles. The van der Waals surface area contributed by atoms with Crippen LogP contribution in [-0.2, 0) is 0 Å². The van der Waals surface area contributed by atoms with Crippen LogP contribution in [0, 0.1) is 17.5 Å². The van der Waals surface area contributed by atoms with Gasteiger partial charge in [0.1, 0.15) is 11.6 Å². The minimum Gasteiger partial charge on any atom is -0.373 e. The average molecular weight is 253 g/mol. The molecule has 0 amide bonds. The first-order valence-corrected chi connectivity index (χ1v) is 5.16. The molecule has 18 heavy (non-hydrogen) atoms. The molecule has 2 rings (SSSR count). The van der Waals surface area contributed by atoms with Crippen LogP contribution >= 0.6 is 0 Å². The van der Waals surface area contributed by atoms with Crippen LogP contribution in [0.5, 0.6) is 0 Å². The predicted molar refractivity (Wildman–Crippen MR) is 63.4 cm³/mol. The second-order valence-corrected chi connectivity index (χ2v) is 3.54.